The molecule has 2 aliphatic rings. The van der Waals surface area contributed by atoms with Crippen molar-refractivity contribution in [3.63, 3.8) is 0 Å². The first-order chi connectivity index (χ1) is 11.2. The molecule has 1 aromatic carbocycles. The summed E-state index contributed by atoms with van der Waals surface area (Å²) in [7, 11) is 1.45. The summed E-state index contributed by atoms with van der Waals surface area (Å²) in [5.74, 6) is 0.630. The maximum Gasteiger partial charge on any atom is 0.409 e. The van der Waals surface area contributed by atoms with Gasteiger partial charge < -0.3 is 15.0 Å². The van der Waals surface area contributed by atoms with Crippen LogP contribution in [0.3, 0.4) is 0 Å². The van der Waals surface area contributed by atoms with Crippen LogP contribution in [0.25, 0.3) is 0 Å². The Morgan fingerprint density at radius 1 is 1.26 bits per heavy atom. The lowest BCUT2D eigenvalue weighted by Gasteiger charge is -2.22. The predicted molar refractivity (Wildman–Crippen MR) is 90.2 cm³/mol. The molecule has 126 valence electrons. The first-order valence-corrected chi connectivity index (χ1v) is 8.51. The Labute approximate surface area is 138 Å². The highest BCUT2D eigenvalue weighted by Gasteiger charge is 2.34. The van der Waals surface area contributed by atoms with Crippen molar-refractivity contribution < 1.29 is 9.53 Å². The molecular formula is C18H27N3O2. The minimum absolute atomic E-state index is 0.209. The number of ether oxygens (including phenoxy) is 1. The summed E-state index contributed by atoms with van der Waals surface area (Å²) < 4.78 is 4.81. The maximum atomic E-state index is 11.6. The Bertz CT molecular complexity index is 522. The van der Waals surface area contributed by atoms with Gasteiger partial charge in [0.1, 0.15) is 0 Å². The number of methoxy groups -OCH3 is 1. The molecule has 1 N–H and O–H groups in total. The summed E-state index contributed by atoms with van der Waals surface area (Å²) >= 11 is 0. The zero-order chi connectivity index (χ0) is 16.2. The van der Waals surface area contributed by atoms with E-state index in [0.717, 1.165) is 39.1 Å². The Hall–Kier alpha value is -1.59. The van der Waals surface area contributed by atoms with Gasteiger partial charge in [0.15, 0.2) is 0 Å². The molecule has 0 saturated carbocycles. The van der Waals surface area contributed by atoms with Crippen LogP contribution >= 0.6 is 0 Å². The second kappa shape index (κ2) is 7.32. The topological polar surface area (TPSA) is 44.8 Å². The lowest BCUT2D eigenvalue weighted by atomic mass is 10.1. The molecule has 1 aromatic rings. The monoisotopic (exact) mass is 317 g/mol. The molecule has 3 rings (SSSR count). The van der Waals surface area contributed by atoms with Gasteiger partial charge in [0.25, 0.3) is 0 Å². The van der Waals surface area contributed by atoms with Gasteiger partial charge in [-0.3, -0.25) is 4.90 Å². The Balaban J connectivity index is 1.49. The van der Waals surface area contributed by atoms with Crippen LogP contribution < -0.4 is 5.32 Å². The number of nitrogens with one attached hydrogen (secondary N) is 1. The van der Waals surface area contributed by atoms with Gasteiger partial charge in [-0.15, -0.1) is 0 Å². The van der Waals surface area contributed by atoms with Crippen LogP contribution in [-0.4, -0.2) is 61.3 Å². The van der Waals surface area contributed by atoms with Gasteiger partial charge in [-0.2, -0.15) is 0 Å². The molecule has 0 radical (unpaired) electrons. The smallest absolute Gasteiger partial charge is 0.409 e. The molecular weight excluding hydrogens is 290 g/mol. The molecule has 1 amide bonds. The second-order valence-electron chi connectivity index (χ2n) is 6.83. The maximum absolute atomic E-state index is 11.6. The molecule has 2 fully saturated rings. The largest absolute Gasteiger partial charge is 0.453 e. The summed E-state index contributed by atoms with van der Waals surface area (Å²) in [5, 5.41) is 3.76. The minimum Gasteiger partial charge on any atom is -0.453 e. The zero-order valence-corrected chi connectivity index (χ0v) is 14.1. The van der Waals surface area contributed by atoms with Crippen LogP contribution in [0.4, 0.5) is 4.79 Å². The molecule has 0 unspecified atom stereocenters. The van der Waals surface area contributed by atoms with Gasteiger partial charge in [0.2, 0.25) is 0 Å². The SMILES string of the molecule is COC(=O)N1CC[C@H](N[C@H]2CN(Cc3ccccc3)C[C@@H]2C)C1. The van der Waals surface area contributed by atoms with E-state index in [1.54, 1.807) is 4.90 Å². The van der Waals surface area contributed by atoms with E-state index in [-0.39, 0.29) is 6.09 Å². The van der Waals surface area contributed by atoms with E-state index in [4.69, 9.17) is 4.74 Å². The quantitative estimate of drug-likeness (QED) is 0.922. The number of hydrogen-bond acceptors (Lipinski definition) is 4. The van der Waals surface area contributed by atoms with E-state index in [2.05, 4.69) is 47.5 Å². The van der Waals surface area contributed by atoms with E-state index in [0.29, 0.717) is 18.0 Å². The number of likely N-dealkylation sites (tertiary alicyclic amines) is 2. The van der Waals surface area contributed by atoms with Crippen LogP contribution in [-0.2, 0) is 11.3 Å². The van der Waals surface area contributed by atoms with Crippen LogP contribution in [0, 0.1) is 5.92 Å². The number of amides is 1. The minimum atomic E-state index is -0.209. The van der Waals surface area contributed by atoms with Crippen LogP contribution in [0.2, 0.25) is 0 Å². The predicted octanol–water partition coefficient (Wildman–Crippen LogP) is 1.94. The van der Waals surface area contributed by atoms with Crippen molar-refractivity contribution in [3.8, 4) is 0 Å². The molecule has 2 aliphatic heterocycles. The number of carbonyl (C=O) groups is 1. The fourth-order valence-corrected chi connectivity index (χ4v) is 3.75. The van der Waals surface area contributed by atoms with E-state index < -0.39 is 0 Å². The standard InChI is InChI=1S/C18H27N3O2/c1-14-10-20(11-15-6-4-3-5-7-15)13-17(14)19-16-8-9-21(12-16)18(22)23-2/h3-7,14,16-17,19H,8-13H2,1-2H3/t14-,16-,17-/m0/s1. The van der Waals surface area contributed by atoms with Crippen molar-refractivity contribution in [2.75, 3.05) is 33.3 Å². The fourth-order valence-electron chi connectivity index (χ4n) is 3.75. The molecule has 0 aromatic heterocycles. The summed E-state index contributed by atoms with van der Waals surface area (Å²) in [6.45, 7) is 7.08. The van der Waals surface area contributed by atoms with Crippen molar-refractivity contribution in [1.29, 1.82) is 0 Å². The summed E-state index contributed by atoms with van der Waals surface area (Å²) in [6.07, 6.45) is 0.802. The van der Waals surface area contributed by atoms with Gasteiger partial charge in [-0.05, 0) is 17.9 Å². The van der Waals surface area contributed by atoms with Gasteiger partial charge in [0.05, 0.1) is 7.11 Å². The third-order valence-electron chi connectivity index (χ3n) is 5.01. The van der Waals surface area contributed by atoms with Crippen molar-refractivity contribution >= 4 is 6.09 Å². The molecule has 23 heavy (non-hydrogen) atoms. The zero-order valence-electron chi connectivity index (χ0n) is 14.1. The van der Waals surface area contributed by atoms with E-state index in [9.17, 15) is 4.79 Å². The number of rotatable bonds is 4. The molecule has 5 nitrogen and oxygen atoms in total. The highest BCUT2D eigenvalue weighted by molar-refractivity contribution is 5.67. The summed E-state index contributed by atoms with van der Waals surface area (Å²) in [5.41, 5.74) is 1.37. The third kappa shape index (κ3) is 4.03. The normalized spacial score (nSPS) is 28.3. The number of carbonyl (C=O) groups excluding carboxylic acids is 1. The van der Waals surface area contributed by atoms with Gasteiger partial charge in [0, 0.05) is 44.8 Å². The molecule has 2 saturated heterocycles. The molecule has 0 aliphatic carbocycles. The van der Waals surface area contributed by atoms with Crippen LogP contribution in [0.1, 0.15) is 18.9 Å². The van der Waals surface area contributed by atoms with Crippen molar-refractivity contribution in [2.24, 2.45) is 5.92 Å². The van der Waals surface area contributed by atoms with E-state index in [1.807, 2.05) is 0 Å². The van der Waals surface area contributed by atoms with Crippen molar-refractivity contribution in [1.82, 2.24) is 15.1 Å². The highest BCUT2D eigenvalue weighted by atomic mass is 16.5. The van der Waals surface area contributed by atoms with Crippen LogP contribution in [0.5, 0.6) is 0 Å². The highest BCUT2D eigenvalue weighted by Crippen LogP contribution is 2.21. The molecule has 2 heterocycles. The second-order valence-corrected chi connectivity index (χ2v) is 6.83. The lowest BCUT2D eigenvalue weighted by Crippen LogP contribution is -2.44. The molecule has 3 atom stereocenters. The Morgan fingerprint density at radius 3 is 2.78 bits per heavy atom. The molecule has 5 heteroatoms. The third-order valence-corrected chi connectivity index (χ3v) is 5.01. The van der Waals surface area contributed by atoms with Gasteiger partial charge >= 0.3 is 6.09 Å². The van der Waals surface area contributed by atoms with Gasteiger partial charge in [-0.1, -0.05) is 37.3 Å². The number of benzene rings is 1. The lowest BCUT2D eigenvalue weighted by molar-refractivity contribution is 0.132. The van der Waals surface area contributed by atoms with Crippen LogP contribution in [0.15, 0.2) is 30.3 Å². The van der Waals surface area contributed by atoms with Gasteiger partial charge in [-0.25, -0.2) is 4.79 Å². The fraction of sp³-hybridized carbons (Fsp3) is 0.611. The first kappa shape index (κ1) is 16.3. The summed E-state index contributed by atoms with van der Waals surface area (Å²) in [6, 6.07) is 11.5. The van der Waals surface area contributed by atoms with Crippen molar-refractivity contribution in [2.45, 2.75) is 32.0 Å². The van der Waals surface area contributed by atoms with Crippen molar-refractivity contribution in [3.05, 3.63) is 35.9 Å². The number of nitrogens with zero attached hydrogens (tertiary/aromatic N) is 2. The number of hydrogen-bond donors (Lipinski definition) is 1. The molecule has 0 spiro atoms. The molecule has 0 bridgehead atoms. The van der Waals surface area contributed by atoms with E-state index in [1.165, 1.54) is 12.7 Å². The Kier molecular flexibility index (Phi) is 5.18. The average Bonchev–Trinajstić information content (AvgIpc) is 3.15. The summed E-state index contributed by atoms with van der Waals surface area (Å²) in [4.78, 5) is 15.9. The Morgan fingerprint density at radius 2 is 2.04 bits per heavy atom. The average molecular weight is 317 g/mol. The first-order valence-electron chi connectivity index (χ1n) is 8.51. The van der Waals surface area contributed by atoms with E-state index >= 15 is 0 Å².